The highest BCUT2D eigenvalue weighted by Gasteiger charge is 2.28. The van der Waals surface area contributed by atoms with Crippen molar-refractivity contribution in [3.05, 3.63) is 0 Å². The molecular weight excluding hydrogens is 202 g/mol. The van der Waals surface area contributed by atoms with Gasteiger partial charge >= 0.3 is 5.97 Å². The number of carboxylic acid groups (broad SMARTS) is 1. The summed E-state index contributed by atoms with van der Waals surface area (Å²) in [7, 11) is 0. The van der Waals surface area contributed by atoms with Gasteiger partial charge in [-0.2, -0.15) is 11.8 Å². The fourth-order valence-corrected chi connectivity index (χ4v) is 1.18. The van der Waals surface area contributed by atoms with E-state index in [4.69, 9.17) is 5.11 Å². The topological polar surface area (TPSA) is 69.6 Å². The number of hydrogen-bond acceptors (Lipinski definition) is 4. The Balaban J connectivity index is 3.59. The van der Waals surface area contributed by atoms with E-state index in [-0.39, 0.29) is 6.54 Å². The average molecular weight is 221 g/mol. The Morgan fingerprint density at radius 3 is 2.64 bits per heavy atom. The van der Waals surface area contributed by atoms with E-state index >= 15 is 0 Å². The van der Waals surface area contributed by atoms with Crippen LogP contribution in [0.3, 0.4) is 0 Å². The van der Waals surface area contributed by atoms with Crippen molar-refractivity contribution in [2.45, 2.75) is 31.1 Å². The smallest absolute Gasteiger partial charge is 0.336 e. The zero-order chi connectivity index (χ0) is 11.2. The van der Waals surface area contributed by atoms with Crippen LogP contribution in [0.15, 0.2) is 0 Å². The van der Waals surface area contributed by atoms with Crippen LogP contribution in [0.5, 0.6) is 0 Å². The van der Waals surface area contributed by atoms with Gasteiger partial charge in [-0.25, -0.2) is 4.79 Å². The largest absolute Gasteiger partial charge is 0.479 e. The lowest BCUT2D eigenvalue weighted by atomic mass is 10.1. The van der Waals surface area contributed by atoms with Gasteiger partial charge in [0.2, 0.25) is 0 Å². The van der Waals surface area contributed by atoms with E-state index in [2.05, 4.69) is 12.2 Å². The monoisotopic (exact) mass is 221 g/mol. The van der Waals surface area contributed by atoms with Crippen molar-refractivity contribution in [3.8, 4) is 0 Å². The highest BCUT2D eigenvalue weighted by Crippen LogP contribution is 2.08. The van der Waals surface area contributed by atoms with Gasteiger partial charge in [-0.15, -0.1) is 0 Å². The summed E-state index contributed by atoms with van der Waals surface area (Å²) in [6.07, 6.45) is 3.01. The highest BCUT2D eigenvalue weighted by molar-refractivity contribution is 7.99. The van der Waals surface area contributed by atoms with Crippen LogP contribution < -0.4 is 5.32 Å². The maximum atomic E-state index is 10.5. The van der Waals surface area contributed by atoms with Gasteiger partial charge in [0.25, 0.3) is 0 Å². The Bertz CT molecular complexity index is 185. The van der Waals surface area contributed by atoms with Gasteiger partial charge in [0.05, 0.1) is 0 Å². The number of aliphatic carboxylic acids is 1. The Morgan fingerprint density at radius 2 is 2.21 bits per heavy atom. The minimum absolute atomic E-state index is 0.0867. The maximum absolute atomic E-state index is 10.5. The number of carbonyl (C=O) groups is 1. The first-order valence-corrected chi connectivity index (χ1v) is 5.88. The Kier molecular flexibility index (Phi) is 6.15. The van der Waals surface area contributed by atoms with Crippen LogP contribution in [0.2, 0.25) is 0 Å². The highest BCUT2D eigenvalue weighted by atomic mass is 32.2. The average Bonchev–Trinajstić information content (AvgIpc) is 2.11. The molecule has 5 heteroatoms. The molecule has 0 saturated heterocycles. The summed E-state index contributed by atoms with van der Waals surface area (Å²) < 4.78 is 0. The first-order chi connectivity index (χ1) is 6.40. The Labute approximate surface area is 89.1 Å². The number of carboxylic acids is 1. The van der Waals surface area contributed by atoms with E-state index < -0.39 is 11.6 Å². The van der Waals surface area contributed by atoms with Crippen LogP contribution in [0.4, 0.5) is 0 Å². The quantitative estimate of drug-likeness (QED) is 0.548. The van der Waals surface area contributed by atoms with Gasteiger partial charge in [-0.1, -0.05) is 6.92 Å². The van der Waals surface area contributed by atoms with Crippen molar-refractivity contribution in [3.63, 3.8) is 0 Å². The second-order valence-electron chi connectivity index (χ2n) is 3.59. The van der Waals surface area contributed by atoms with Gasteiger partial charge in [0, 0.05) is 11.8 Å². The molecule has 0 rings (SSSR count). The van der Waals surface area contributed by atoms with Crippen molar-refractivity contribution in [2.75, 3.05) is 19.3 Å². The molecule has 0 aliphatic carbocycles. The molecule has 14 heavy (non-hydrogen) atoms. The van der Waals surface area contributed by atoms with Gasteiger partial charge in [-0.3, -0.25) is 0 Å². The summed E-state index contributed by atoms with van der Waals surface area (Å²) in [5.74, 6) is -1.19. The molecule has 84 valence electrons. The lowest BCUT2D eigenvalue weighted by molar-refractivity contribution is -0.156. The van der Waals surface area contributed by atoms with Crippen molar-refractivity contribution in [1.29, 1.82) is 0 Å². The summed E-state index contributed by atoms with van der Waals surface area (Å²) >= 11 is 1.77. The third-order valence-electron chi connectivity index (χ3n) is 2.06. The standard InChI is InChI=1S/C9H19NO3S/c1-7(14-3)4-5-10-6-9(2,13)8(11)12/h7,10,13H,4-6H2,1-3H3,(H,11,12). The fourth-order valence-electron chi connectivity index (χ4n) is 0.831. The SMILES string of the molecule is CSC(C)CCNCC(C)(O)C(=O)O. The normalized spacial score (nSPS) is 17.4. The Hall–Kier alpha value is -0.260. The van der Waals surface area contributed by atoms with E-state index in [1.165, 1.54) is 6.92 Å². The molecule has 0 saturated carbocycles. The van der Waals surface area contributed by atoms with Crippen molar-refractivity contribution in [2.24, 2.45) is 0 Å². The minimum atomic E-state index is -1.66. The zero-order valence-corrected chi connectivity index (χ0v) is 9.73. The van der Waals surface area contributed by atoms with Gasteiger partial charge < -0.3 is 15.5 Å². The molecule has 2 atom stereocenters. The van der Waals surface area contributed by atoms with Gasteiger partial charge in [0.1, 0.15) is 0 Å². The predicted molar refractivity (Wildman–Crippen MR) is 58.7 cm³/mol. The zero-order valence-electron chi connectivity index (χ0n) is 8.91. The van der Waals surface area contributed by atoms with Crippen molar-refractivity contribution in [1.82, 2.24) is 5.32 Å². The summed E-state index contributed by atoms with van der Waals surface area (Å²) in [6, 6.07) is 0. The molecule has 0 heterocycles. The molecular formula is C9H19NO3S. The molecule has 0 radical (unpaired) electrons. The molecule has 0 aromatic heterocycles. The molecule has 0 aliphatic heterocycles. The van der Waals surface area contributed by atoms with Crippen LogP contribution in [0, 0.1) is 0 Å². The van der Waals surface area contributed by atoms with E-state index in [0.717, 1.165) is 13.0 Å². The first kappa shape index (κ1) is 13.7. The van der Waals surface area contributed by atoms with Crippen LogP contribution in [-0.2, 0) is 4.79 Å². The number of aliphatic hydroxyl groups is 1. The summed E-state index contributed by atoms with van der Waals surface area (Å²) in [6.45, 7) is 4.22. The number of nitrogens with one attached hydrogen (secondary N) is 1. The second kappa shape index (κ2) is 6.27. The van der Waals surface area contributed by atoms with Crippen LogP contribution in [0.25, 0.3) is 0 Å². The van der Waals surface area contributed by atoms with Crippen molar-refractivity contribution < 1.29 is 15.0 Å². The molecule has 0 amide bonds. The minimum Gasteiger partial charge on any atom is -0.479 e. The lowest BCUT2D eigenvalue weighted by Gasteiger charge is -2.18. The molecule has 0 aliphatic rings. The Morgan fingerprint density at radius 1 is 1.64 bits per heavy atom. The molecule has 0 aromatic carbocycles. The van der Waals surface area contributed by atoms with Gasteiger partial charge in [0.15, 0.2) is 5.60 Å². The molecule has 2 unspecified atom stereocenters. The third-order valence-corrected chi connectivity index (χ3v) is 3.10. The summed E-state index contributed by atoms with van der Waals surface area (Å²) in [4.78, 5) is 10.5. The first-order valence-electron chi connectivity index (χ1n) is 4.59. The molecule has 0 bridgehead atoms. The number of rotatable bonds is 7. The van der Waals surface area contributed by atoms with Crippen LogP contribution in [-0.4, -0.2) is 46.4 Å². The van der Waals surface area contributed by atoms with E-state index in [0.29, 0.717) is 5.25 Å². The van der Waals surface area contributed by atoms with E-state index in [1.54, 1.807) is 11.8 Å². The summed E-state index contributed by atoms with van der Waals surface area (Å²) in [5, 5.41) is 21.4. The van der Waals surface area contributed by atoms with E-state index in [1.807, 2.05) is 6.26 Å². The maximum Gasteiger partial charge on any atom is 0.336 e. The summed E-state index contributed by atoms with van der Waals surface area (Å²) in [5.41, 5.74) is -1.66. The third kappa shape index (κ3) is 5.47. The lowest BCUT2D eigenvalue weighted by Crippen LogP contribution is -2.45. The molecule has 0 spiro atoms. The number of hydrogen-bond donors (Lipinski definition) is 3. The molecule has 0 aromatic rings. The van der Waals surface area contributed by atoms with Crippen LogP contribution >= 0.6 is 11.8 Å². The molecule has 4 nitrogen and oxygen atoms in total. The fraction of sp³-hybridized carbons (Fsp3) is 0.889. The second-order valence-corrected chi connectivity index (χ2v) is 4.87. The number of thioether (sulfide) groups is 1. The predicted octanol–water partition coefficient (Wildman–Crippen LogP) is 0.553. The molecule has 0 fully saturated rings. The van der Waals surface area contributed by atoms with E-state index in [9.17, 15) is 9.90 Å². The van der Waals surface area contributed by atoms with Crippen molar-refractivity contribution >= 4 is 17.7 Å². The van der Waals surface area contributed by atoms with Crippen LogP contribution in [0.1, 0.15) is 20.3 Å². The molecule has 3 N–H and O–H groups in total. The van der Waals surface area contributed by atoms with Gasteiger partial charge in [-0.05, 0) is 26.1 Å².